The molecule has 0 saturated heterocycles. The fraction of sp³-hybridized carbons (Fsp3) is 0.286. The zero-order valence-electron chi connectivity index (χ0n) is 20.8. The summed E-state index contributed by atoms with van der Waals surface area (Å²) in [5, 5.41) is 12.4. The number of hydrogen-bond acceptors (Lipinski definition) is 6. The second-order valence-corrected chi connectivity index (χ2v) is 9.04. The van der Waals surface area contributed by atoms with E-state index in [0.29, 0.717) is 29.4 Å². The van der Waals surface area contributed by atoms with Crippen molar-refractivity contribution in [3.05, 3.63) is 78.4 Å². The van der Waals surface area contributed by atoms with Crippen molar-refractivity contribution in [1.29, 1.82) is 0 Å². The van der Waals surface area contributed by atoms with Crippen LogP contribution in [-0.4, -0.2) is 79.0 Å². The van der Waals surface area contributed by atoms with Crippen LogP contribution in [0.1, 0.15) is 18.9 Å². The van der Waals surface area contributed by atoms with Crippen LogP contribution < -0.4 is 19.3 Å². The molecule has 0 fully saturated rings. The van der Waals surface area contributed by atoms with E-state index in [2.05, 4.69) is 10.3 Å². The number of carboxylic acid groups (broad SMARTS) is 1. The second kappa shape index (κ2) is 13.1. The number of nitrogens with zero attached hydrogens (tertiary/aromatic N) is 2. The van der Waals surface area contributed by atoms with Crippen molar-refractivity contribution in [2.45, 2.75) is 26.0 Å². The van der Waals surface area contributed by atoms with Crippen LogP contribution in [0.5, 0.6) is 11.5 Å². The molecular weight excluding hydrogens is 481 g/mol. The minimum absolute atomic E-state index is 0. The van der Waals surface area contributed by atoms with Gasteiger partial charge in [0.25, 0.3) is 0 Å². The maximum atomic E-state index is 11.0. The third kappa shape index (κ3) is 7.56. The Morgan fingerprint density at radius 1 is 1.05 bits per heavy atom. The first-order valence-electron chi connectivity index (χ1n) is 12.0. The number of ether oxygens (including phenoxy) is 2. The van der Waals surface area contributed by atoms with E-state index in [1.54, 1.807) is 6.07 Å². The molecule has 4 aromatic rings. The van der Waals surface area contributed by atoms with Gasteiger partial charge >= 0.3 is 41.5 Å². The van der Waals surface area contributed by atoms with Crippen LogP contribution in [0.2, 0.25) is 0 Å². The number of aliphatic carboxylic acids is 1. The molecule has 0 radical (unpaired) electrons. The number of benzene rings is 3. The monoisotopic (exact) mass is 514 g/mol. The number of nitrogens with one attached hydrogen (secondary N) is 1. The Balaban J connectivity index is 0.00000380. The molecule has 4 rings (SSSR count). The molecular formula is C28H33N3NaO5+. The van der Waals surface area contributed by atoms with Crippen molar-refractivity contribution in [3.63, 3.8) is 0 Å². The molecule has 3 aromatic carbocycles. The molecule has 1 atom stereocenters. The first-order valence-corrected chi connectivity index (χ1v) is 12.0. The van der Waals surface area contributed by atoms with Crippen molar-refractivity contribution in [2.75, 3.05) is 27.2 Å². The van der Waals surface area contributed by atoms with Crippen LogP contribution in [0.25, 0.3) is 11.1 Å². The summed E-state index contributed by atoms with van der Waals surface area (Å²) in [7, 11) is 4.08. The van der Waals surface area contributed by atoms with Crippen molar-refractivity contribution in [3.8, 4) is 11.5 Å². The van der Waals surface area contributed by atoms with Crippen LogP contribution in [0.4, 0.5) is 11.7 Å². The number of quaternary nitrogens is 1. The van der Waals surface area contributed by atoms with Gasteiger partial charge in [0.05, 0.1) is 20.7 Å². The normalized spacial score (nSPS) is 12.1. The SMILES string of the molecule is CC(Oc1cccc(CNCCCOc2cccc([N+](C)(C)c3nc4ccccc4o3)c2)c1)C(=O)O.[NaH]. The number of fused-ring (bicyclic) bond motifs is 1. The first-order chi connectivity index (χ1) is 17.3. The number of hydrogen-bond donors (Lipinski definition) is 2. The van der Waals surface area contributed by atoms with Crippen molar-refractivity contribution < 1.29 is 23.8 Å². The molecule has 190 valence electrons. The third-order valence-corrected chi connectivity index (χ3v) is 5.88. The summed E-state index contributed by atoms with van der Waals surface area (Å²) in [5.74, 6) is 0.358. The van der Waals surface area contributed by atoms with Gasteiger partial charge in [-0.1, -0.05) is 30.3 Å². The Bertz CT molecular complexity index is 1290. The molecule has 0 saturated carbocycles. The fourth-order valence-corrected chi connectivity index (χ4v) is 3.73. The Morgan fingerprint density at radius 2 is 1.81 bits per heavy atom. The number of carboxylic acids is 1. The number of carbonyl (C=O) groups is 1. The van der Waals surface area contributed by atoms with E-state index in [-0.39, 0.29) is 29.6 Å². The van der Waals surface area contributed by atoms with Crippen molar-refractivity contribution >= 4 is 58.3 Å². The fourth-order valence-electron chi connectivity index (χ4n) is 3.73. The molecule has 8 nitrogen and oxygen atoms in total. The summed E-state index contributed by atoms with van der Waals surface area (Å²) >= 11 is 0. The Hall–Kier alpha value is -2.88. The van der Waals surface area contributed by atoms with Crippen LogP contribution in [0, 0.1) is 0 Å². The summed E-state index contributed by atoms with van der Waals surface area (Å²) in [4.78, 5) is 15.6. The van der Waals surface area contributed by atoms with E-state index < -0.39 is 12.1 Å². The molecule has 0 aliphatic heterocycles. The molecule has 1 unspecified atom stereocenters. The van der Waals surface area contributed by atoms with E-state index in [1.807, 2.05) is 80.8 Å². The molecule has 0 aliphatic carbocycles. The van der Waals surface area contributed by atoms with E-state index >= 15 is 0 Å². The number of aromatic nitrogens is 1. The predicted octanol–water partition coefficient (Wildman–Crippen LogP) is 4.49. The number of para-hydroxylation sites is 2. The van der Waals surface area contributed by atoms with Crippen LogP contribution in [0.3, 0.4) is 0 Å². The Kier molecular flexibility index (Phi) is 10.1. The summed E-state index contributed by atoms with van der Waals surface area (Å²) in [6, 6.07) is 23.8. The Labute approximate surface area is 239 Å². The van der Waals surface area contributed by atoms with Gasteiger partial charge in [0.15, 0.2) is 11.7 Å². The predicted molar refractivity (Wildman–Crippen MR) is 147 cm³/mol. The quantitative estimate of drug-likeness (QED) is 0.163. The summed E-state index contributed by atoms with van der Waals surface area (Å²) in [6.45, 7) is 3.52. The van der Waals surface area contributed by atoms with Gasteiger partial charge in [-0.3, -0.25) is 0 Å². The van der Waals surface area contributed by atoms with Gasteiger partial charge in [-0.05, 0) is 61.9 Å². The van der Waals surface area contributed by atoms with E-state index in [4.69, 9.17) is 19.0 Å². The minimum atomic E-state index is -0.988. The van der Waals surface area contributed by atoms with E-state index in [9.17, 15) is 4.79 Å². The second-order valence-electron chi connectivity index (χ2n) is 9.04. The molecule has 0 amide bonds. The Morgan fingerprint density at radius 3 is 2.59 bits per heavy atom. The van der Waals surface area contributed by atoms with Gasteiger partial charge in [-0.2, -0.15) is 4.98 Å². The standard InChI is InChI=1S/C28H31N3O5.Na.H/c1-20(27(32)33)35-24-12-6-9-21(17-24)19-29-15-8-16-34-23-11-7-10-22(18-23)31(2,3)28-30-25-13-4-5-14-26(25)36-28;;/h4-7,9-14,17-18,20,29H,8,15-16,19H2,1-3H3;;/p+1. The topological polar surface area (TPSA) is 93.8 Å². The molecule has 1 aromatic heterocycles. The molecule has 0 bridgehead atoms. The first kappa shape index (κ1) is 28.7. The van der Waals surface area contributed by atoms with Crippen LogP contribution in [-0.2, 0) is 11.3 Å². The number of rotatable bonds is 12. The van der Waals surface area contributed by atoms with Gasteiger partial charge in [-0.25, -0.2) is 9.28 Å². The summed E-state index contributed by atoms with van der Waals surface area (Å²) in [5.41, 5.74) is 3.65. The van der Waals surface area contributed by atoms with E-state index in [1.165, 1.54) is 6.92 Å². The van der Waals surface area contributed by atoms with Gasteiger partial charge in [0.1, 0.15) is 22.7 Å². The van der Waals surface area contributed by atoms with Crippen LogP contribution >= 0.6 is 0 Å². The van der Waals surface area contributed by atoms with Crippen molar-refractivity contribution in [2.24, 2.45) is 0 Å². The molecule has 1 heterocycles. The molecule has 37 heavy (non-hydrogen) atoms. The summed E-state index contributed by atoms with van der Waals surface area (Å²) in [6.07, 6.45) is -0.0527. The van der Waals surface area contributed by atoms with Gasteiger partial charge in [-0.15, -0.1) is 0 Å². The number of oxazole rings is 1. The average molecular weight is 515 g/mol. The van der Waals surface area contributed by atoms with E-state index in [0.717, 1.165) is 41.1 Å². The molecule has 2 N–H and O–H groups in total. The molecule has 9 heteroatoms. The zero-order valence-corrected chi connectivity index (χ0v) is 20.8. The summed E-state index contributed by atoms with van der Waals surface area (Å²) < 4.78 is 17.8. The maximum absolute atomic E-state index is 11.0. The molecule has 0 aliphatic rings. The third-order valence-electron chi connectivity index (χ3n) is 5.88. The zero-order chi connectivity index (χ0) is 25.5. The molecule has 0 spiro atoms. The van der Waals surface area contributed by atoms with Crippen molar-refractivity contribution in [1.82, 2.24) is 14.8 Å². The van der Waals surface area contributed by atoms with Crippen LogP contribution in [0.15, 0.2) is 77.2 Å². The van der Waals surface area contributed by atoms with Gasteiger partial charge in [0.2, 0.25) is 0 Å². The van der Waals surface area contributed by atoms with Gasteiger partial charge < -0.3 is 24.3 Å². The average Bonchev–Trinajstić information content (AvgIpc) is 3.32. The van der Waals surface area contributed by atoms with Gasteiger partial charge in [0, 0.05) is 12.6 Å².